The third kappa shape index (κ3) is 29.2. The van der Waals surface area contributed by atoms with Crippen molar-refractivity contribution in [3.63, 3.8) is 0 Å². The van der Waals surface area contributed by atoms with Crippen molar-refractivity contribution in [2.24, 2.45) is 0 Å². The highest BCUT2D eigenvalue weighted by atomic mass is 14.2. The van der Waals surface area contributed by atoms with Crippen LogP contribution in [0.4, 0.5) is 0 Å². The molecule has 1 aromatic carbocycles. The van der Waals surface area contributed by atoms with Crippen LogP contribution >= 0.6 is 0 Å². The molecular weight excluding hydrogens is 673 g/mol. The van der Waals surface area contributed by atoms with E-state index in [-0.39, 0.29) is 0 Å². The fourth-order valence-electron chi connectivity index (χ4n) is 8.02. The molecular formula is C56H96. The SMILES string of the molecule is CCCCCCC/C=C/Cc1cc(C/C=C/CCCCCCC)c(C/C=C/CCCCCCC)c(C/C=C/CCCCCCC)c1C/C=C/CCCCCCC. The van der Waals surface area contributed by atoms with E-state index < -0.39 is 0 Å². The van der Waals surface area contributed by atoms with Crippen molar-refractivity contribution in [1.82, 2.24) is 0 Å². The van der Waals surface area contributed by atoms with E-state index >= 15 is 0 Å². The van der Waals surface area contributed by atoms with E-state index in [0.29, 0.717) is 0 Å². The fourth-order valence-corrected chi connectivity index (χ4v) is 8.02. The molecule has 0 atom stereocenters. The van der Waals surface area contributed by atoms with Crippen molar-refractivity contribution in [2.75, 3.05) is 0 Å². The van der Waals surface area contributed by atoms with Gasteiger partial charge in [0.2, 0.25) is 0 Å². The lowest BCUT2D eigenvalue weighted by Gasteiger charge is -2.21. The zero-order valence-corrected chi connectivity index (χ0v) is 38.6. The summed E-state index contributed by atoms with van der Waals surface area (Å²) in [6.45, 7) is 11.6. The van der Waals surface area contributed by atoms with Crippen LogP contribution < -0.4 is 0 Å². The van der Waals surface area contributed by atoms with E-state index in [9.17, 15) is 0 Å². The molecule has 0 saturated heterocycles. The summed E-state index contributed by atoms with van der Waals surface area (Å²) in [5, 5.41) is 0. The lowest BCUT2D eigenvalue weighted by atomic mass is 9.84. The van der Waals surface area contributed by atoms with Gasteiger partial charge in [-0.1, -0.05) is 230 Å². The summed E-state index contributed by atoms with van der Waals surface area (Å²) in [5.41, 5.74) is 8.04. The molecule has 0 aromatic heterocycles. The van der Waals surface area contributed by atoms with Gasteiger partial charge in [-0.15, -0.1) is 0 Å². The average molecular weight is 769 g/mol. The van der Waals surface area contributed by atoms with Gasteiger partial charge in [-0.3, -0.25) is 0 Å². The van der Waals surface area contributed by atoms with Crippen LogP contribution in [0.3, 0.4) is 0 Å². The standard InChI is InChI=1S/C56H96/c1-6-11-16-21-26-31-36-41-46-52-51-53(47-42-37-32-27-22-17-12-7-2)55(49-44-39-34-29-24-19-14-9-4)56(50-45-40-35-30-25-20-15-10-5)54(52)48-43-38-33-28-23-18-13-8-3/h36-45,51H,6-35,46-50H2,1-5H3/b41-36+,42-37+,43-38+,44-39+,45-40+. The van der Waals surface area contributed by atoms with E-state index in [4.69, 9.17) is 0 Å². The van der Waals surface area contributed by atoms with E-state index in [2.05, 4.69) is 101 Å². The first kappa shape index (κ1) is 51.9. The Balaban J connectivity index is 3.51. The van der Waals surface area contributed by atoms with Crippen LogP contribution in [0.15, 0.2) is 66.8 Å². The molecule has 0 spiro atoms. The maximum absolute atomic E-state index is 2.65. The molecule has 0 amide bonds. The molecule has 0 nitrogen and oxygen atoms in total. The van der Waals surface area contributed by atoms with E-state index in [1.165, 1.54) is 193 Å². The van der Waals surface area contributed by atoms with Gasteiger partial charge in [-0.25, -0.2) is 0 Å². The Morgan fingerprint density at radius 3 is 0.750 bits per heavy atom. The summed E-state index contributed by atoms with van der Waals surface area (Å²) in [7, 11) is 0. The molecule has 0 heterocycles. The summed E-state index contributed by atoms with van der Waals surface area (Å²) < 4.78 is 0. The Bertz CT molecular complexity index is 1060. The molecule has 56 heavy (non-hydrogen) atoms. The molecule has 0 unspecified atom stereocenters. The maximum atomic E-state index is 2.65. The summed E-state index contributed by atoms with van der Waals surface area (Å²) in [6.07, 6.45) is 70.6. The van der Waals surface area contributed by atoms with Crippen molar-refractivity contribution in [2.45, 2.75) is 259 Å². The number of benzene rings is 1. The number of allylic oxidation sites excluding steroid dienone is 10. The average Bonchev–Trinajstić information content (AvgIpc) is 3.21. The molecule has 0 bridgehead atoms. The fraction of sp³-hybridized carbons (Fsp3) is 0.714. The van der Waals surface area contributed by atoms with Crippen LogP contribution in [-0.4, -0.2) is 0 Å². The van der Waals surface area contributed by atoms with Crippen molar-refractivity contribution in [3.05, 3.63) is 94.6 Å². The number of unbranched alkanes of at least 4 members (excludes halogenated alkanes) is 25. The van der Waals surface area contributed by atoms with Crippen LogP contribution in [0.2, 0.25) is 0 Å². The first-order chi connectivity index (χ1) is 27.7. The quantitative estimate of drug-likeness (QED) is 0.0461. The van der Waals surface area contributed by atoms with Gasteiger partial charge in [0.15, 0.2) is 0 Å². The molecule has 0 aliphatic heterocycles. The number of hydrogen-bond donors (Lipinski definition) is 0. The van der Waals surface area contributed by atoms with Crippen LogP contribution in [0.1, 0.15) is 255 Å². The first-order valence-electron chi connectivity index (χ1n) is 25.1. The highest BCUT2D eigenvalue weighted by Gasteiger charge is 2.15. The van der Waals surface area contributed by atoms with Gasteiger partial charge in [-0.2, -0.15) is 0 Å². The summed E-state index contributed by atoms with van der Waals surface area (Å²) in [4.78, 5) is 0. The highest BCUT2D eigenvalue weighted by molar-refractivity contribution is 5.50. The predicted molar refractivity (Wildman–Crippen MR) is 258 cm³/mol. The zero-order valence-electron chi connectivity index (χ0n) is 38.6. The van der Waals surface area contributed by atoms with Crippen molar-refractivity contribution >= 4 is 0 Å². The van der Waals surface area contributed by atoms with E-state index in [1.54, 1.807) is 27.8 Å². The Labute approximate surface area is 352 Å². The second-order valence-corrected chi connectivity index (χ2v) is 17.0. The minimum absolute atomic E-state index is 1.06. The van der Waals surface area contributed by atoms with Crippen molar-refractivity contribution in [3.8, 4) is 0 Å². The van der Waals surface area contributed by atoms with Gasteiger partial charge in [0.1, 0.15) is 0 Å². The van der Waals surface area contributed by atoms with Crippen molar-refractivity contribution in [1.29, 1.82) is 0 Å². The largest absolute Gasteiger partial charge is 0.0882 e. The topological polar surface area (TPSA) is 0 Å². The minimum Gasteiger partial charge on any atom is -0.0882 e. The molecule has 1 rings (SSSR count). The minimum atomic E-state index is 1.06. The Morgan fingerprint density at radius 2 is 0.482 bits per heavy atom. The third-order valence-corrected chi connectivity index (χ3v) is 11.7. The van der Waals surface area contributed by atoms with Gasteiger partial charge >= 0.3 is 0 Å². The maximum Gasteiger partial charge on any atom is -0.00916 e. The second kappa shape index (κ2) is 41.1. The number of hydrogen-bond acceptors (Lipinski definition) is 0. The molecule has 0 radical (unpaired) electrons. The van der Waals surface area contributed by atoms with Crippen LogP contribution in [0.25, 0.3) is 0 Å². The summed E-state index contributed by atoms with van der Waals surface area (Å²) >= 11 is 0. The molecule has 0 aliphatic carbocycles. The Morgan fingerprint density at radius 1 is 0.250 bits per heavy atom. The smallest absolute Gasteiger partial charge is 0.00916 e. The molecule has 0 N–H and O–H groups in total. The van der Waals surface area contributed by atoms with Gasteiger partial charge in [0, 0.05) is 0 Å². The Kier molecular flexibility index (Phi) is 38.1. The lowest BCUT2D eigenvalue weighted by Crippen LogP contribution is -2.08. The predicted octanol–water partition coefficient (Wildman–Crippen LogP) is 19.0. The monoisotopic (exact) mass is 769 g/mol. The molecule has 0 fully saturated rings. The van der Waals surface area contributed by atoms with Crippen LogP contribution in [0.5, 0.6) is 0 Å². The van der Waals surface area contributed by atoms with E-state index in [0.717, 1.165) is 32.1 Å². The van der Waals surface area contributed by atoms with Crippen LogP contribution in [0, 0.1) is 0 Å². The Hall–Kier alpha value is -2.08. The normalized spacial score (nSPS) is 12.4. The lowest BCUT2D eigenvalue weighted by molar-refractivity contribution is 0.637. The van der Waals surface area contributed by atoms with Gasteiger partial charge in [-0.05, 0) is 124 Å². The third-order valence-electron chi connectivity index (χ3n) is 11.7. The zero-order chi connectivity index (χ0) is 40.4. The molecule has 320 valence electrons. The van der Waals surface area contributed by atoms with Crippen LogP contribution in [-0.2, 0) is 32.1 Å². The number of rotatable bonds is 40. The van der Waals surface area contributed by atoms with Gasteiger partial charge < -0.3 is 0 Å². The van der Waals surface area contributed by atoms with Gasteiger partial charge in [0.05, 0.1) is 0 Å². The summed E-state index contributed by atoms with van der Waals surface area (Å²) in [5.74, 6) is 0. The van der Waals surface area contributed by atoms with Gasteiger partial charge in [0.25, 0.3) is 0 Å². The molecule has 1 aromatic rings. The molecule has 0 saturated carbocycles. The summed E-state index contributed by atoms with van der Waals surface area (Å²) in [6, 6.07) is 2.65. The van der Waals surface area contributed by atoms with E-state index in [1.807, 2.05) is 0 Å². The first-order valence-corrected chi connectivity index (χ1v) is 25.1. The second-order valence-electron chi connectivity index (χ2n) is 17.0. The molecule has 0 heteroatoms. The van der Waals surface area contributed by atoms with Crippen molar-refractivity contribution < 1.29 is 0 Å². The highest BCUT2D eigenvalue weighted by Crippen LogP contribution is 2.29. The molecule has 0 aliphatic rings.